The Balaban J connectivity index is 0.00000162. The highest BCUT2D eigenvalue weighted by atomic mass is 35.5. The number of thioether (sulfide) groups is 1. The topological polar surface area (TPSA) is 41.1 Å². The van der Waals surface area contributed by atoms with E-state index in [4.69, 9.17) is 0 Å². The number of hydrogen-bond acceptors (Lipinski definition) is 3. The maximum Gasteiger partial charge on any atom is 0.238 e. The lowest BCUT2D eigenvalue weighted by atomic mass is 10.1. The highest BCUT2D eigenvalue weighted by molar-refractivity contribution is 7.99. The molecule has 1 aliphatic rings. The van der Waals surface area contributed by atoms with Crippen LogP contribution in [0.15, 0.2) is 30.3 Å². The second-order valence-corrected chi connectivity index (χ2v) is 5.18. The molecule has 1 aromatic carbocycles. The molecule has 0 bridgehead atoms. The lowest BCUT2D eigenvalue weighted by Crippen LogP contribution is -2.42. The normalized spacial score (nSPS) is 18.1. The molecule has 1 aliphatic heterocycles. The molecule has 0 saturated carbocycles. The predicted molar refractivity (Wildman–Crippen MR) is 79.3 cm³/mol. The van der Waals surface area contributed by atoms with Crippen LogP contribution < -0.4 is 10.6 Å². The SMILES string of the molecule is Cl.O=C(NCCCc1ccccc1)C1CSCN1. The first-order valence-corrected chi connectivity index (χ1v) is 7.14. The molecule has 1 heterocycles. The third-order valence-corrected chi connectivity index (χ3v) is 3.76. The molecule has 0 aliphatic carbocycles. The molecule has 1 aromatic rings. The summed E-state index contributed by atoms with van der Waals surface area (Å²) in [7, 11) is 0. The van der Waals surface area contributed by atoms with Gasteiger partial charge in [-0.3, -0.25) is 10.1 Å². The standard InChI is InChI=1S/C13H18N2OS.ClH/c16-13(12-9-17-10-15-12)14-8-4-7-11-5-2-1-3-6-11;/h1-3,5-6,12,15H,4,7-10H2,(H,14,16);1H. The average molecular weight is 287 g/mol. The maximum absolute atomic E-state index is 11.7. The van der Waals surface area contributed by atoms with Gasteiger partial charge in [0.25, 0.3) is 0 Å². The number of halogens is 1. The van der Waals surface area contributed by atoms with Gasteiger partial charge in [-0.1, -0.05) is 30.3 Å². The van der Waals surface area contributed by atoms with Crippen molar-refractivity contribution in [3.63, 3.8) is 0 Å². The minimum Gasteiger partial charge on any atom is -0.355 e. The number of nitrogens with one attached hydrogen (secondary N) is 2. The quantitative estimate of drug-likeness (QED) is 0.812. The van der Waals surface area contributed by atoms with E-state index in [-0.39, 0.29) is 24.4 Å². The molecule has 1 unspecified atom stereocenters. The Kier molecular flexibility index (Phi) is 7.16. The summed E-state index contributed by atoms with van der Waals surface area (Å²) in [5.41, 5.74) is 1.33. The van der Waals surface area contributed by atoms with Gasteiger partial charge in [0.2, 0.25) is 5.91 Å². The fraction of sp³-hybridized carbons (Fsp3) is 0.462. The average Bonchev–Trinajstić information content (AvgIpc) is 2.89. The van der Waals surface area contributed by atoms with Crippen LogP contribution >= 0.6 is 24.2 Å². The van der Waals surface area contributed by atoms with E-state index in [2.05, 4.69) is 22.8 Å². The number of rotatable bonds is 5. The van der Waals surface area contributed by atoms with Crippen molar-refractivity contribution in [3.8, 4) is 0 Å². The van der Waals surface area contributed by atoms with Gasteiger partial charge in [0, 0.05) is 18.2 Å². The molecular formula is C13H19ClN2OS. The Morgan fingerprint density at radius 3 is 2.83 bits per heavy atom. The van der Waals surface area contributed by atoms with E-state index in [1.807, 2.05) is 18.2 Å². The molecule has 1 fully saturated rings. The van der Waals surface area contributed by atoms with E-state index < -0.39 is 0 Å². The van der Waals surface area contributed by atoms with Crippen LogP contribution in [0.1, 0.15) is 12.0 Å². The van der Waals surface area contributed by atoms with Crippen molar-refractivity contribution in [2.24, 2.45) is 0 Å². The first-order chi connectivity index (χ1) is 8.36. The molecule has 100 valence electrons. The van der Waals surface area contributed by atoms with Crippen LogP contribution in [0.2, 0.25) is 0 Å². The Morgan fingerprint density at radius 1 is 1.39 bits per heavy atom. The van der Waals surface area contributed by atoms with Crippen LogP contribution in [0.4, 0.5) is 0 Å². The zero-order valence-electron chi connectivity index (χ0n) is 10.2. The predicted octanol–water partition coefficient (Wildman–Crippen LogP) is 1.82. The first-order valence-electron chi connectivity index (χ1n) is 5.99. The Bertz CT molecular complexity index is 355. The van der Waals surface area contributed by atoms with Gasteiger partial charge in [0.1, 0.15) is 0 Å². The summed E-state index contributed by atoms with van der Waals surface area (Å²) in [6.45, 7) is 0.760. The first kappa shape index (κ1) is 15.3. The van der Waals surface area contributed by atoms with E-state index in [1.165, 1.54) is 5.56 Å². The van der Waals surface area contributed by atoms with Crippen molar-refractivity contribution in [1.29, 1.82) is 0 Å². The lowest BCUT2D eigenvalue weighted by Gasteiger charge is -2.10. The van der Waals surface area contributed by atoms with Gasteiger partial charge in [-0.05, 0) is 18.4 Å². The third-order valence-electron chi connectivity index (χ3n) is 2.82. The molecule has 18 heavy (non-hydrogen) atoms. The molecule has 3 nitrogen and oxygen atoms in total. The largest absolute Gasteiger partial charge is 0.355 e. The number of carbonyl (C=O) groups is 1. The lowest BCUT2D eigenvalue weighted by molar-refractivity contribution is -0.122. The number of amides is 1. The number of aryl methyl sites for hydroxylation is 1. The molecule has 2 rings (SSSR count). The van der Waals surface area contributed by atoms with Crippen LogP contribution in [0, 0.1) is 0 Å². The van der Waals surface area contributed by atoms with Gasteiger partial charge < -0.3 is 5.32 Å². The molecule has 1 amide bonds. The Labute approximate surface area is 119 Å². The number of benzene rings is 1. The van der Waals surface area contributed by atoms with Crippen molar-refractivity contribution < 1.29 is 4.79 Å². The summed E-state index contributed by atoms with van der Waals surface area (Å²) in [5, 5.41) is 6.15. The highest BCUT2D eigenvalue weighted by Crippen LogP contribution is 2.09. The van der Waals surface area contributed by atoms with Crippen molar-refractivity contribution in [3.05, 3.63) is 35.9 Å². The second-order valence-electron chi connectivity index (χ2n) is 4.15. The van der Waals surface area contributed by atoms with Crippen LogP contribution in [0.3, 0.4) is 0 Å². The van der Waals surface area contributed by atoms with Crippen molar-refractivity contribution >= 4 is 30.1 Å². The maximum atomic E-state index is 11.7. The van der Waals surface area contributed by atoms with Gasteiger partial charge in [0.05, 0.1) is 6.04 Å². The zero-order chi connectivity index (χ0) is 11.9. The van der Waals surface area contributed by atoms with E-state index in [0.29, 0.717) is 0 Å². The molecule has 1 atom stereocenters. The van der Waals surface area contributed by atoms with Crippen molar-refractivity contribution in [1.82, 2.24) is 10.6 Å². The van der Waals surface area contributed by atoms with E-state index in [1.54, 1.807) is 11.8 Å². The minimum atomic E-state index is 0. The van der Waals surface area contributed by atoms with Gasteiger partial charge in [0.15, 0.2) is 0 Å². The molecule has 2 N–H and O–H groups in total. The van der Waals surface area contributed by atoms with Crippen LogP contribution in [0.5, 0.6) is 0 Å². The van der Waals surface area contributed by atoms with Crippen molar-refractivity contribution in [2.45, 2.75) is 18.9 Å². The van der Waals surface area contributed by atoms with Crippen molar-refractivity contribution in [2.75, 3.05) is 18.2 Å². The minimum absolute atomic E-state index is 0. The fourth-order valence-electron chi connectivity index (χ4n) is 1.84. The molecule has 1 saturated heterocycles. The summed E-state index contributed by atoms with van der Waals surface area (Å²) >= 11 is 1.77. The molecular weight excluding hydrogens is 268 g/mol. The van der Waals surface area contributed by atoms with E-state index in [0.717, 1.165) is 31.0 Å². The smallest absolute Gasteiger partial charge is 0.238 e. The molecule has 0 spiro atoms. The Morgan fingerprint density at radius 2 is 2.17 bits per heavy atom. The zero-order valence-corrected chi connectivity index (χ0v) is 11.9. The third kappa shape index (κ3) is 4.88. The van der Waals surface area contributed by atoms with Gasteiger partial charge in [-0.15, -0.1) is 24.2 Å². The van der Waals surface area contributed by atoms with Crippen LogP contribution in [-0.2, 0) is 11.2 Å². The van der Waals surface area contributed by atoms with Gasteiger partial charge in [-0.2, -0.15) is 0 Å². The highest BCUT2D eigenvalue weighted by Gasteiger charge is 2.21. The summed E-state index contributed by atoms with van der Waals surface area (Å²) in [5.74, 6) is 1.93. The molecule has 0 aromatic heterocycles. The summed E-state index contributed by atoms with van der Waals surface area (Å²) < 4.78 is 0. The van der Waals surface area contributed by atoms with E-state index >= 15 is 0 Å². The van der Waals surface area contributed by atoms with E-state index in [9.17, 15) is 4.79 Å². The Hall–Kier alpha value is -0.710. The summed E-state index contributed by atoms with van der Waals surface area (Å²) in [6.07, 6.45) is 2.02. The van der Waals surface area contributed by atoms with Gasteiger partial charge in [-0.25, -0.2) is 0 Å². The molecule has 5 heteroatoms. The van der Waals surface area contributed by atoms with Gasteiger partial charge >= 0.3 is 0 Å². The van der Waals surface area contributed by atoms with Crippen LogP contribution in [0.25, 0.3) is 0 Å². The monoisotopic (exact) mass is 286 g/mol. The summed E-state index contributed by atoms with van der Waals surface area (Å²) in [4.78, 5) is 11.7. The fourth-order valence-corrected chi connectivity index (χ4v) is 2.78. The summed E-state index contributed by atoms with van der Waals surface area (Å²) in [6, 6.07) is 10.4. The number of hydrogen-bond donors (Lipinski definition) is 2. The molecule has 0 radical (unpaired) electrons. The van der Waals surface area contributed by atoms with Crippen LogP contribution in [-0.4, -0.2) is 30.1 Å². The second kappa shape index (κ2) is 8.40. The number of carbonyl (C=O) groups excluding carboxylic acids is 1.